The van der Waals surface area contributed by atoms with E-state index >= 15 is 0 Å². The molecular weight excluding hydrogens is 297 g/mol. The van der Waals surface area contributed by atoms with Crippen molar-refractivity contribution >= 4 is 9.84 Å². The second-order valence-electron chi connectivity index (χ2n) is 3.46. The summed E-state index contributed by atoms with van der Waals surface area (Å²) in [4.78, 5) is 3.27. The predicted octanol–water partition coefficient (Wildman–Crippen LogP) is 3.16. The van der Waals surface area contributed by atoms with E-state index < -0.39 is 51.3 Å². The Morgan fingerprint density at radius 3 is 2.32 bits per heavy atom. The van der Waals surface area contributed by atoms with E-state index in [0.717, 1.165) is 6.92 Å². The molecular formula is C9H8F5NO3S. The Balaban J connectivity index is 2.96. The van der Waals surface area contributed by atoms with E-state index in [0.29, 0.717) is 0 Å². The van der Waals surface area contributed by atoms with E-state index in [1.54, 1.807) is 0 Å². The van der Waals surface area contributed by atoms with Gasteiger partial charge >= 0.3 is 11.3 Å². The summed E-state index contributed by atoms with van der Waals surface area (Å²) >= 11 is 0. The SMILES string of the molecule is Cc1nc(S(=O)(=O)CCC(F)=C(F)F)oc1C(F)F. The van der Waals surface area contributed by atoms with Crippen molar-refractivity contribution in [3.8, 4) is 0 Å². The van der Waals surface area contributed by atoms with Gasteiger partial charge < -0.3 is 4.42 Å². The Labute approximate surface area is 104 Å². The molecule has 0 aliphatic carbocycles. The topological polar surface area (TPSA) is 60.2 Å². The Bertz CT molecular complexity index is 589. The fourth-order valence-electron chi connectivity index (χ4n) is 1.12. The van der Waals surface area contributed by atoms with Crippen molar-refractivity contribution in [1.82, 2.24) is 4.98 Å². The first kappa shape index (κ1) is 15.6. The number of nitrogens with zero attached hydrogens (tertiary/aromatic N) is 1. The number of halogens is 5. The van der Waals surface area contributed by atoms with Crippen LogP contribution in [0.2, 0.25) is 0 Å². The molecule has 0 saturated heterocycles. The maximum Gasteiger partial charge on any atom is 0.315 e. The van der Waals surface area contributed by atoms with Gasteiger partial charge in [-0.1, -0.05) is 0 Å². The molecule has 4 nitrogen and oxygen atoms in total. The summed E-state index contributed by atoms with van der Waals surface area (Å²) in [5, 5.41) is -1.03. The zero-order valence-corrected chi connectivity index (χ0v) is 10.3. The molecule has 19 heavy (non-hydrogen) atoms. The van der Waals surface area contributed by atoms with Crippen molar-refractivity contribution in [1.29, 1.82) is 0 Å². The maximum atomic E-state index is 12.5. The van der Waals surface area contributed by atoms with Gasteiger partial charge in [0.15, 0.2) is 11.6 Å². The highest BCUT2D eigenvalue weighted by Crippen LogP contribution is 2.26. The third kappa shape index (κ3) is 3.75. The predicted molar refractivity (Wildman–Crippen MR) is 53.2 cm³/mol. The van der Waals surface area contributed by atoms with Crippen LogP contribution < -0.4 is 0 Å². The van der Waals surface area contributed by atoms with Crippen LogP contribution in [0.15, 0.2) is 21.5 Å². The van der Waals surface area contributed by atoms with Crippen molar-refractivity contribution in [2.24, 2.45) is 0 Å². The molecule has 1 rings (SSSR count). The number of aromatic nitrogens is 1. The van der Waals surface area contributed by atoms with Crippen LogP contribution in [0, 0.1) is 6.92 Å². The van der Waals surface area contributed by atoms with Crippen LogP contribution in [-0.4, -0.2) is 19.2 Å². The first-order valence-electron chi connectivity index (χ1n) is 4.83. The average molecular weight is 305 g/mol. The average Bonchev–Trinajstić information content (AvgIpc) is 2.69. The second kappa shape index (κ2) is 5.68. The molecule has 0 N–H and O–H groups in total. The van der Waals surface area contributed by atoms with Crippen molar-refractivity contribution in [2.45, 2.75) is 25.0 Å². The number of allylic oxidation sites excluding steroid dienone is 1. The summed E-state index contributed by atoms with van der Waals surface area (Å²) in [7, 11) is -4.34. The van der Waals surface area contributed by atoms with E-state index in [9.17, 15) is 30.4 Å². The Morgan fingerprint density at radius 1 is 1.32 bits per heavy atom. The molecule has 0 radical (unpaired) electrons. The number of hydrogen-bond donors (Lipinski definition) is 0. The molecule has 0 unspecified atom stereocenters. The monoisotopic (exact) mass is 305 g/mol. The van der Waals surface area contributed by atoms with Crippen LogP contribution in [0.5, 0.6) is 0 Å². The number of rotatable bonds is 5. The smallest absolute Gasteiger partial charge is 0.315 e. The van der Waals surface area contributed by atoms with Crippen LogP contribution in [0.25, 0.3) is 0 Å². The molecule has 0 bridgehead atoms. The number of aryl methyl sites for hydroxylation is 1. The lowest BCUT2D eigenvalue weighted by Crippen LogP contribution is -2.07. The highest BCUT2D eigenvalue weighted by Gasteiger charge is 2.27. The van der Waals surface area contributed by atoms with Gasteiger partial charge in [0.1, 0.15) is 0 Å². The van der Waals surface area contributed by atoms with Crippen molar-refractivity contribution in [2.75, 3.05) is 5.75 Å². The van der Waals surface area contributed by atoms with E-state index in [1.165, 1.54) is 0 Å². The van der Waals surface area contributed by atoms with Crippen LogP contribution in [0.4, 0.5) is 22.0 Å². The first-order chi connectivity index (χ1) is 8.65. The third-order valence-electron chi connectivity index (χ3n) is 2.07. The molecule has 1 aromatic rings. The summed E-state index contributed by atoms with van der Waals surface area (Å²) in [5.74, 6) is -3.87. The van der Waals surface area contributed by atoms with E-state index in [-0.39, 0.29) is 5.69 Å². The lowest BCUT2D eigenvalue weighted by atomic mass is 10.4. The first-order valence-corrected chi connectivity index (χ1v) is 6.48. The molecule has 0 amide bonds. The molecule has 0 aliphatic heterocycles. The van der Waals surface area contributed by atoms with Gasteiger partial charge in [0.2, 0.25) is 9.84 Å². The molecule has 1 heterocycles. The fraction of sp³-hybridized carbons (Fsp3) is 0.444. The molecule has 0 fully saturated rings. The highest BCUT2D eigenvalue weighted by atomic mass is 32.2. The molecule has 108 valence electrons. The summed E-state index contributed by atoms with van der Waals surface area (Å²) in [5.41, 5.74) is -0.332. The normalized spacial score (nSPS) is 11.9. The van der Waals surface area contributed by atoms with E-state index in [4.69, 9.17) is 0 Å². The highest BCUT2D eigenvalue weighted by molar-refractivity contribution is 7.91. The summed E-state index contributed by atoms with van der Waals surface area (Å²) in [6.07, 6.45) is -6.78. The maximum absolute atomic E-state index is 12.5. The van der Waals surface area contributed by atoms with Crippen molar-refractivity contribution in [3.63, 3.8) is 0 Å². The Kier molecular flexibility index (Phi) is 4.66. The molecule has 1 aromatic heterocycles. The number of alkyl halides is 2. The van der Waals surface area contributed by atoms with E-state index in [2.05, 4.69) is 9.40 Å². The van der Waals surface area contributed by atoms with Crippen LogP contribution in [0.1, 0.15) is 24.3 Å². The quantitative estimate of drug-likeness (QED) is 0.784. The Hall–Kier alpha value is -1.45. The van der Waals surface area contributed by atoms with Gasteiger partial charge in [0, 0.05) is 6.42 Å². The molecule has 0 spiro atoms. The Morgan fingerprint density at radius 2 is 1.89 bits per heavy atom. The summed E-state index contributed by atoms with van der Waals surface area (Å²) < 4.78 is 88.1. The molecule has 0 saturated carbocycles. The van der Waals surface area contributed by atoms with Crippen LogP contribution in [-0.2, 0) is 9.84 Å². The zero-order chi connectivity index (χ0) is 14.8. The lowest BCUT2D eigenvalue weighted by Gasteiger charge is -1.98. The molecule has 0 atom stereocenters. The van der Waals surface area contributed by atoms with Crippen LogP contribution >= 0.6 is 0 Å². The minimum atomic E-state index is -4.34. The molecule has 0 aromatic carbocycles. The van der Waals surface area contributed by atoms with E-state index in [1.807, 2.05) is 0 Å². The van der Waals surface area contributed by atoms with Crippen molar-refractivity contribution < 1.29 is 34.8 Å². The van der Waals surface area contributed by atoms with Crippen LogP contribution in [0.3, 0.4) is 0 Å². The third-order valence-corrected chi connectivity index (χ3v) is 3.52. The van der Waals surface area contributed by atoms with Gasteiger partial charge in [-0.15, -0.1) is 0 Å². The lowest BCUT2D eigenvalue weighted by molar-refractivity contribution is 0.115. The van der Waals surface area contributed by atoms with Gasteiger partial charge in [0.05, 0.1) is 11.4 Å². The van der Waals surface area contributed by atoms with Crippen molar-refractivity contribution in [3.05, 3.63) is 23.4 Å². The zero-order valence-electron chi connectivity index (χ0n) is 9.46. The summed E-state index contributed by atoms with van der Waals surface area (Å²) in [6.45, 7) is 1.10. The summed E-state index contributed by atoms with van der Waals surface area (Å²) in [6, 6.07) is 0. The number of sulfone groups is 1. The van der Waals surface area contributed by atoms with Gasteiger partial charge in [-0.25, -0.2) is 26.6 Å². The second-order valence-corrected chi connectivity index (χ2v) is 5.45. The van der Waals surface area contributed by atoms with Gasteiger partial charge in [0.25, 0.3) is 6.43 Å². The number of hydrogen-bond acceptors (Lipinski definition) is 4. The largest absolute Gasteiger partial charge is 0.427 e. The number of oxazole rings is 1. The van der Waals surface area contributed by atoms with Gasteiger partial charge in [-0.05, 0) is 6.92 Å². The molecule has 0 aliphatic rings. The fourth-order valence-corrected chi connectivity index (χ4v) is 2.24. The standard InChI is InChI=1S/C9H8F5NO3S/c1-4-6(8(13)14)18-9(15-4)19(16,17)3-2-5(10)7(11)12/h8H,2-3H2,1H3. The molecule has 10 heteroatoms. The minimum Gasteiger partial charge on any atom is -0.427 e. The minimum absolute atomic E-state index is 0.332. The van der Waals surface area contributed by atoms with Gasteiger partial charge in [-0.2, -0.15) is 8.78 Å². The van der Waals surface area contributed by atoms with Gasteiger partial charge in [-0.3, -0.25) is 0 Å².